The number of sulfonamides is 1. The lowest BCUT2D eigenvalue weighted by molar-refractivity contribution is -0.140. The minimum absolute atomic E-state index is 0.120. The number of aryl methyl sites for hydroxylation is 2. The van der Waals surface area contributed by atoms with Crippen molar-refractivity contribution in [3.05, 3.63) is 36.2 Å². The number of nitrogens with zero attached hydrogens (tertiary/aromatic N) is 3. The summed E-state index contributed by atoms with van der Waals surface area (Å²) in [6, 6.07) is 5.66. The zero-order valence-corrected chi connectivity index (χ0v) is 14.3. The Balaban J connectivity index is 2.13. The standard InChI is InChI=1S/C16H19N3O4S/c1-11-13(10-18(2)17-11)12-6-3-4-8-15(12)24(22,23)19-9-5-7-14(19)16(20)21/h3-4,6,8,10,14H,5,7,9H2,1-2H3,(H,20,21)/t14-/m0/s1. The van der Waals surface area contributed by atoms with Crippen LogP contribution < -0.4 is 0 Å². The lowest BCUT2D eigenvalue weighted by atomic mass is 10.1. The Morgan fingerprint density at radius 1 is 1.29 bits per heavy atom. The van der Waals surface area contributed by atoms with Gasteiger partial charge in [-0.3, -0.25) is 9.48 Å². The lowest BCUT2D eigenvalue weighted by Gasteiger charge is -2.22. The predicted octanol–water partition coefficient (Wildman–Crippen LogP) is 1.63. The summed E-state index contributed by atoms with van der Waals surface area (Å²) in [7, 11) is -2.13. The fourth-order valence-electron chi connectivity index (χ4n) is 3.18. The van der Waals surface area contributed by atoms with Gasteiger partial charge in [0.1, 0.15) is 6.04 Å². The smallest absolute Gasteiger partial charge is 0.322 e. The van der Waals surface area contributed by atoms with Gasteiger partial charge in [-0.2, -0.15) is 9.40 Å². The molecule has 1 aliphatic rings. The van der Waals surface area contributed by atoms with Crippen LogP contribution in [0, 0.1) is 6.92 Å². The summed E-state index contributed by atoms with van der Waals surface area (Å²) in [5.41, 5.74) is 1.98. The average molecular weight is 349 g/mol. The molecule has 8 heteroatoms. The summed E-state index contributed by atoms with van der Waals surface area (Å²) in [6.45, 7) is 2.04. The Morgan fingerprint density at radius 3 is 2.62 bits per heavy atom. The quantitative estimate of drug-likeness (QED) is 0.906. The summed E-state index contributed by atoms with van der Waals surface area (Å²) >= 11 is 0. The molecule has 24 heavy (non-hydrogen) atoms. The fraction of sp³-hybridized carbons (Fsp3) is 0.375. The molecule has 0 saturated carbocycles. The van der Waals surface area contributed by atoms with Crippen LogP contribution in [0.25, 0.3) is 11.1 Å². The molecular formula is C16H19N3O4S. The van der Waals surface area contributed by atoms with E-state index >= 15 is 0 Å². The Bertz CT molecular complexity index is 888. The maximum atomic E-state index is 13.1. The maximum absolute atomic E-state index is 13.1. The van der Waals surface area contributed by atoms with Crippen LogP contribution in [0.5, 0.6) is 0 Å². The minimum atomic E-state index is -3.90. The summed E-state index contributed by atoms with van der Waals surface area (Å²) in [5.74, 6) is -1.11. The van der Waals surface area contributed by atoms with Gasteiger partial charge < -0.3 is 5.11 Å². The van der Waals surface area contributed by atoms with E-state index in [0.29, 0.717) is 18.4 Å². The van der Waals surface area contributed by atoms with Crippen molar-refractivity contribution in [3.8, 4) is 11.1 Å². The summed E-state index contributed by atoms with van der Waals surface area (Å²) in [5, 5.41) is 13.6. The second-order valence-electron chi connectivity index (χ2n) is 5.91. The zero-order valence-electron chi connectivity index (χ0n) is 13.5. The van der Waals surface area contributed by atoms with Crippen molar-refractivity contribution in [2.24, 2.45) is 7.05 Å². The number of hydrogen-bond donors (Lipinski definition) is 1. The van der Waals surface area contributed by atoms with Crippen molar-refractivity contribution in [1.29, 1.82) is 0 Å². The van der Waals surface area contributed by atoms with E-state index in [0.717, 1.165) is 15.6 Å². The highest BCUT2D eigenvalue weighted by Gasteiger charge is 2.40. The Labute approximate surface area is 140 Å². The first kappa shape index (κ1) is 16.7. The van der Waals surface area contributed by atoms with Crippen LogP contribution in [-0.4, -0.2) is 46.2 Å². The highest BCUT2D eigenvalue weighted by atomic mass is 32.2. The molecule has 1 fully saturated rings. The number of hydrogen-bond acceptors (Lipinski definition) is 4. The van der Waals surface area contributed by atoms with E-state index in [4.69, 9.17) is 0 Å². The fourth-order valence-corrected chi connectivity index (χ4v) is 5.04. The van der Waals surface area contributed by atoms with E-state index in [-0.39, 0.29) is 11.4 Å². The zero-order chi connectivity index (χ0) is 17.5. The van der Waals surface area contributed by atoms with Gasteiger partial charge in [0.15, 0.2) is 0 Å². The third-order valence-corrected chi connectivity index (χ3v) is 6.23. The Kier molecular flexibility index (Phi) is 4.18. The van der Waals surface area contributed by atoms with Crippen molar-refractivity contribution in [1.82, 2.24) is 14.1 Å². The molecule has 0 bridgehead atoms. The number of rotatable bonds is 4. The first-order chi connectivity index (χ1) is 11.3. The molecule has 1 aromatic heterocycles. The first-order valence-electron chi connectivity index (χ1n) is 7.66. The largest absolute Gasteiger partial charge is 0.480 e. The van der Waals surface area contributed by atoms with Crippen LogP contribution in [0.4, 0.5) is 0 Å². The van der Waals surface area contributed by atoms with Crippen LogP contribution in [-0.2, 0) is 21.9 Å². The monoisotopic (exact) mass is 349 g/mol. The highest BCUT2D eigenvalue weighted by Crippen LogP contribution is 2.34. The molecule has 7 nitrogen and oxygen atoms in total. The van der Waals surface area contributed by atoms with E-state index < -0.39 is 22.0 Å². The number of aromatic nitrogens is 2. The number of carbonyl (C=O) groups is 1. The third kappa shape index (κ3) is 2.71. The van der Waals surface area contributed by atoms with E-state index in [1.807, 2.05) is 6.92 Å². The normalized spacial score (nSPS) is 18.8. The number of carboxylic acid groups (broad SMARTS) is 1. The van der Waals surface area contributed by atoms with Gasteiger partial charge in [0.2, 0.25) is 10.0 Å². The second kappa shape index (κ2) is 6.03. The first-order valence-corrected chi connectivity index (χ1v) is 9.10. The summed E-state index contributed by atoms with van der Waals surface area (Å²) in [6.07, 6.45) is 2.65. The molecule has 0 amide bonds. The highest BCUT2D eigenvalue weighted by molar-refractivity contribution is 7.89. The Hall–Kier alpha value is -2.19. The van der Waals surface area contributed by atoms with Gasteiger partial charge in [0.25, 0.3) is 0 Å². The van der Waals surface area contributed by atoms with Crippen LogP contribution in [0.3, 0.4) is 0 Å². The second-order valence-corrected chi connectivity index (χ2v) is 7.77. The van der Waals surface area contributed by atoms with Crippen LogP contribution in [0.15, 0.2) is 35.4 Å². The minimum Gasteiger partial charge on any atom is -0.480 e. The maximum Gasteiger partial charge on any atom is 0.322 e. The van der Waals surface area contributed by atoms with E-state index in [2.05, 4.69) is 5.10 Å². The van der Waals surface area contributed by atoms with Crippen molar-refractivity contribution in [2.45, 2.75) is 30.7 Å². The molecular weight excluding hydrogens is 330 g/mol. The molecule has 3 rings (SSSR count). The SMILES string of the molecule is Cc1nn(C)cc1-c1ccccc1S(=O)(=O)N1CCC[C@H]1C(=O)O. The van der Waals surface area contributed by atoms with Gasteiger partial charge in [-0.15, -0.1) is 0 Å². The van der Waals surface area contributed by atoms with E-state index in [9.17, 15) is 18.3 Å². The van der Waals surface area contributed by atoms with Crippen LogP contribution in [0.1, 0.15) is 18.5 Å². The molecule has 128 valence electrons. The molecule has 2 aromatic rings. The average Bonchev–Trinajstić information content (AvgIpc) is 3.14. The molecule has 0 unspecified atom stereocenters. The lowest BCUT2D eigenvalue weighted by Crippen LogP contribution is -2.40. The van der Waals surface area contributed by atoms with Gasteiger partial charge in [-0.1, -0.05) is 18.2 Å². The molecule has 1 N–H and O–H groups in total. The van der Waals surface area contributed by atoms with Gasteiger partial charge in [-0.25, -0.2) is 8.42 Å². The van der Waals surface area contributed by atoms with Gasteiger partial charge in [-0.05, 0) is 25.8 Å². The van der Waals surface area contributed by atoms with Crippen molar-refractivity contribution < 1.29 is 18.3 Å². The van der Waals surface area contributed by atoms with E-state index in [1.54, 1.807) is 36.1 Å². The predicted molar refractivity (Wildman–Crippen MR) is 87.9 cm³/mol. The molecule has 1 saturated heterocycles. The van der Waals surface area contributed by atoms with Gasteiger partial charge >= 0.3 is 5.97 Å². The summed E-state index contributed by atoms with van der Waals surface area (Å²) < 4.78 is 28.9. The summed E-state index contributed by atoms with van der Waals surface area (Å²) in [4.78, 5) is 11.5. The van der Waals surface area contributed by atoms with E-state index in [1.165, 1.54) is 6.07 Å². The van der Waals surface area contributed by atoms with Gasteiger partial charge in [0.05, 0.1) is 10.6 Å². The number of benzene rings is 1. The number of carboxylic acids is 1. The third-order valence-electron chi connectivity index (χ3n) is 4.27. The van der Waals surface area contributed by atoms with Gasteiger partial charge in [0, 0.05) is 30.9 Å². The topological polar surface area (TPSA) is 92.5 Å². The molecule has 2 heterocycles. The Morgan fingerprint density at radius 2 is 2.00 bits per heavy atom. The van der Waals surface area contributed by atoms with Crippen molar-refractivity contribution in [3.63, 3.8) is 0 Å². The van der Waals surface area contributed by atoms with Crippen molar-refractivity contribution >= 4 is 16.0 Å². The number of aliphatic carboxylic acids is 1. The molecule has 1 aromatic carbocycles. The van der Waals surface area contributed by atoms with Crippen LogP contribution in [0.2, 0.25) is 0 Å². The molecule has 1 atom stereocenters. The molecule has 0 aliphatic carbocycles. The van der Waals surface area contributed by atoms with Crippen LogP contribution >= 0.6 is 0 Å². The molecule has 0 radical (unpaired) electrons. The van der Waals surface area contributed by atoms with Crippen molar-refractivity contribution in [2.75, 3.05) is 6.54 Å². The molecule has 0 spiro atoms. The molecule has 1 aliphatic heterocycles.